The summed E-state index contributed by atoms with van der Waals surface area (Å²) in [6, 6.07) is -3.08. The van der Waals surface area contributed by atoms with Gasteiger partial charge < -0.3 is 26.2 Å². The van der Waals surface area contributed by atoms with Gasteiger partial charge in [0, 0.05) is 26.6 Å². The minimum absolute atomic E-state index is 0.124. The Labute approximate surface area is 253 Å². The van der Waals surface area contributed by atoms with Crippen molar-refractivity contribution in [3.05, 3.63) is 12.7 Å². The molecule has 2 rings (SSSR count). The van der Waals surface area contributed by atoms with Crippen molar-refractivity contribution in [3.63, 3.8) is 0 Å². The standard InChI is InChI=1S/C27H41N5O5.C3H8.C2H6/c1-5-7-9-13-19(21(33)24(35)29-17-6-2)30-23(34)20-14-12-18-32(20)25(36)22(31-26(37)28-4)27(3)15-10-8-11-16-27;1-3-2;1-2/h1,6,19-20,22H,2,7-18H2,3-4H3,(H,29,35)(H,30,34)(H2,28,31,37);3H2,1-2H3;1-2H3. The molecule has 10 heteroatoms. The third kappa shape index (κ3) is 12.3. The maximum Gasteiger partial charge on any atom is 0.315 e. The summed E-state index contributed by atoms with van der Waals surface area (Å²) in [6.45, 7) is 14.3. The van der Waals surface area contributed by atoms with Gasteiger partial charge in [-0.25, -0.2) is 4.79 Å². The molecule has 238 valence electrons. The summed E-state index contributed by atoms with van der Waals surface area (Å²) in [5, 5.41) is 10.5. The number of rotatable bonds is 12. The normalized spacial score (nSPS) is 18.2. The minimum atomic E-state index is -1.06. The Morgan fingerprint density at radius 3 is 2.24 bits per heavy atom. The molecule has 10 nitrogen and oxygen atoms in total. The van der Waals surface area contributed by atoms with Crippen LogP contribution < -0.4 is 21.3 Å². The fraction of sp³-hybridized carbons (Fsp3) is 0.719. The number of amides is 5. The van der Waals surface area contributed by atoms with Crippen LogP contribution in [0.1, 0.15) is 105 Å². The van der Waals surface area contributed by atoms with Crippen molar-refractivity contribution in [1.82, 2.24) is 26.2 Å². The van der Waals surface area contributed by atoms with E-state index in [-0.39, 0.29) is 18.9 Å². The number of nitrogens with one attached hydrogen (secondary N) is 4. The van der Waals surface area contributed by atoms with Crippen molar-refractivity contribution in [3.8, 4) is 12.3 Å². The summed E-state index contributed by atoms with van der Waals surface area (Å²) in [6.07, 6.45) is 14.7. The Balaban J connectivity index is 0.00000315. The second-order valence-electron chi connectivity index (χ2n) is 10.8. The molecule has 0 aromatic carbocycles. The molecule has 0 aromatic heterocycles. The molecule has 0 bridgehead atoms. The molecule has 1 saturated carbocycles. The third-order valence-electron chi connectivity index (χ3n) is 7.36. The molecule has 1 saturated heterocycles. The fourth-order valence-corrected chi connectivity index (χ4v) is 5.21. The maximum absolute atomic E-state index is 13.8. The summed E-state index contributed by atoms with van der Waals surface area (Å²) in [5.74, 6) is 0.119. The van der Waals surface area contributed by atoms with Crippen LogP contribution in [0, 0.1) is 17.8 Å². The van der Waals surface area contributed by atoms with E-state index in [1.165, 1.54) is 24.4 Å². The van der Waals surface area contributed by atoms with Gasteiger partial charge in [0.2, 0.25) is 17.6 Å². The predicted molar refractivity (Wildman–Crippen MR) is 167 cm³/mol. The predicted octanol–water partition coefficient (Wildman–Crippen LogP) is 3.85. The quantitative estimate of drug-likeness (QED) is 0.119. The van der Waals surface area contributed by atoms with Gasteiger partial charge in [0.25, 0.3) is 5.91 Å². The molecule has 3 unspecified atom stereocenters. The molecule has 1 aliphatic carbocycles. The zero-order valence-electron chi connectivity index (χ0n) is 26.8. The summed E-state index contributed by atoms with van der Waals surface area (Å²) in [7, 11) is 1.49. The van der Waals surface area contributed by atoms with E-state index in [1.54, 1.807) is 0 Å². The molecule has 42 heavy (non-hydrogen) atoms. The van der Waals surface area contributed by atoms with Gasteiger partial charge in [-0.2, -0.15) is 0 Å². The Bertz CT molecular complexity index is 923. The van der Waals surface area contributed by atoms with Crippen LogP contribution in [0.4, 0.5) is 4.79 Å². The van der Waals surface area contributed by atoms with Crippen LogP contribution in [0.2, 0.25) is 0 Å². The third-order valence-corrected chi connectivity index (χ3v) is 7.36. The second-order valence-corrected chi connectivity index (χ2v) is 10.8. The summed E-state index contributed by atoms with van der Waals surface area (Å²) in [4.78, 5) is 66.0. The number of urea groups is 1. The van der Waals surface area contributed by atoms with E-state index >= 15 is 0 Å². The summed E-state index contributed by atoms with van der Waals surface area (Å²) < 4.78 is 0. The minimum Gasteiger partial charge on any atom is -0.346 e. The number of unbranched alkanes of at least 4 members (excludes halogenated alkanes) is 1. The Morgan fingerprint density at radius 2 is 1.69 bits per heavy atom. The number of hydrogen-bond acceptors (Lipinski definition) is 5. The van der Waals surface area contributed by atoms with E-state index in [0.29, 0.717) is 32.2 Å². The SMILES string of the molecule is C#CCCCC(NC(=O)C1CCCN1C(=O)C(NC(=O)NC)C1(C)CCCCC1)C(=O)C(=O)NCC=C.CC.CCC. The first kappa shape index (κ1) is 38.6. The fourth-order valence-electron chi connectivity index (χ4n) is 5.21. The first-order valence-electron chi connectivity index (χ1n) is 15.6. The van der Waals surface area contributed by atoms with Crippen molar-refractivity contribution in [2.75, 3.05) is 20.1 Å². The zero-order valence-corrected chi connectivity index (χ0v) is 26.8. The van der Waals surface area contributed by atoms with Gasteiger partial charge in [0.05, 0.1) is 6.04 Å². The molecule has 3 atom stereocenters. The molecule has 0 spiro atoms. The molecule has 0 radical (unpaired) electrons. The first-order valence-corrected chi connectivity index (χ1v) is 15.6. The highest BCUT2D eigenvalue weighted by Gasteiger charge is 2.46. The monoisotopic (exact) mass is 589 g/mol. The van der Waals surface area contributed by atoms with Gasteiger partial charge in [-0.3, -0.25) is 19.2 Å². The van der Waals surface area contributed by atoms with Crippen molar-refractivity contribution in [2.45, 2.75) is 123 Å². The number of carbonyl (C=O) groups excluding carboxylic acids is 5. The lowest BCUT2D eigenvalue weighted by Crippen LogP contribution is -2.61. The molecule has 2 fully saturated rings. The summed E-state index contributed by atoms with van der Waals surface area (Å²) >= 11 is 0. The lowest BCUT2D eigenvalue weighted by atomic mass is 9.70. The smallest absolute Gasteiger partial charge is 0.315 e. The Hall–Kier alpha value is -3.35. The highest BCUT2D eigenvalue weighted by Crippen LogP contribution is 2.40. The average molecular weight is 590 g/mol. The van der Waals surface area contributed by atoms with Gasteiger partial charge >= 0.3 is 6.03 Å². The number of terminal acetylenes is 1. The van der Waals surface area contributed by atoms with E-state index in [0.717, 1.165) is 32.1 Å². The molecular formula is C32H55N5O5. The molecule has 2 aliphatic rings. The second kappa shape index (κ2) is 21.4. The molecule has 1 aliphatic heterocycles. The van der Waals surface area contributed by atoms with E-state index in [4.69, 9.17) is 6.42 Å². The molecular weight excluding hydrogens is 534 g/mol. The van der Waals surface area contributed by atoms with Crippen LogP contribution >= 0.6 is 0 Å². The Kier molecular flexibility index (Phi) is 19.7. The topological polar surface area (TPSA) is 137 Å². The van der Waals surface area contributed by atoms with Crippen LogP contribution in [0.15, 0.2) is 12.7 Å². The van der Waals surface area contributed by atoms with Crippen molar-refractivity contribution in [2.24, 2.45) is 5.41 Å². The van der Waals surface area contributed by atoms with E-state index in [9.17, 15) is 24.0 Å². The number of hydrogen-bond donors (Lipinski definition) is 4. The molecule has 4 N–H and O–H groups in total. The molecule has 1 heterocycles. The molecule has 0 aromatic rings. The number of nitrogens with zero attached hydrogens (tertiary/aromatic N) is 1. The molecule has 5 amide bonds. The lowest BCUT2D eigenvalue weighted by Gasteiger charge is -2.42. The van der Waals surface area contributed by atoms with Crippen LogP contribution in [0.25, 0.3) is 0 Å². The van der Waals surface area contributed by atoms with Gasteiger partial charge in [-0.05, 0) is 43.9 Å². The van der Waals surface area contributed by atoms with E-state index in [2.05, 4.69) is 47.6 Å². The van der Waals surface area contributed by atoms with Crippen LogP contribution in [0.3, 0.4) is 0 Å². The zero-order chi connectivity index (χ0) is 32.1. The van der Waals surface area contributed by atoms with Gasteiger partial charge in [-0.1, -0.05) is 66.4 Å². The lowest BCUT2D eigenvalue weighted by molar-refractivity contribution is -0.144. The van der Waals surface area contributed by atoms with Crippen LogP contribution in [-0.2, 0) is 19.2 Å². The number of carbonyl (C=O) groups is 5. The van der Waals surface area contributed by atoms with E-state index < -0.39 is 47.2 Å². The largest absolute Gasteiger partial charge is 0.346 e. The van der Waals surface area contributed by atoms with Crippen molar-refractivity contribution in [1.29, 1.82) is 0 Å². The van der Waals surface area contributed by atoms with Crippen LogP contribution in [0.5, 0.6) is 0 Å². The van der Waals surface area contributed by atoms with Gasteiger partial charge in [-0.15, -0.1) is 18.9 Å². The maximum atomic E-state index is 13.8. The number of ketones is 1. The Morgan fingerprint density at radius 1 is 1.07 bits per heavy atom. The highest BCUT2D eigenvalue weighted by molar-refractivity contribution is 6.38. The number of likely N-dealkylation sites (tertiary alicyclic amines) is 1. The summed E-state index contributed by atoms with van der Waals surface area (Å²) in [5.41, 5.74) is -0.428. The van der Waals surface area contributed by atoms with Gasteiger partial charge in [0.15, 0.2) is 0 Å². The van der Waals surface area contributed by atoms with Crippen molar-refractivity contribution < 1.29 is 24.0 Å². The van der Waals surface area contributed by atoms with Gasteiger partial charge in [0.1, 0.15) is 12.1 Å². The number of Topliss-reactive ketones (excluding diaryl/α,β-unsaturated/α-hetero) is 1. The van der Waals surface area contributed by atoms with Crippen LogP contribution in [-0.4, -0.2) is 72.7 Å². The highest BCUT2D eigenvalue weighted by atomic mass is 16.2. The van der Waals surface area contributed by atoms with Crippen molar-refractivity contribution >= 4 is 29.5 Å². The average Bonchev–Trinajstić information content (AvgIpc) is 3.49. The first-order chi connectivity index (χ1) is 20.1. The van der Waals surface area contributed by atoms with E-state index in [1.807, 2.05) is 20.8 Å².